The number of piperidine rings is 1. The van der Waals surface area contributed by atoms with Crippen LogP contribution in [0.3, 0.4) is 0 Å². The van der Waals surface area contributed by atoms with E-state index in [1.807, 2.05) is 12.1 Å². The van der Waals surface area contributed by atoms with E-state index in [0.717, 1.165) is 18.8 Å². The fourth-order valence-electron chi connectivity index (χ4n) is 3.99. The lowest BCUT2D eigenvalue weighted by Crippen LogP contribution is -2.40. The van der Waals surface area contributed by atoms with Gasteiger partial charge in [0.1, 0.15) is 19.0 Å². The van der Waals surface area contributed by atoms with Crippen LogP contribution in [0.5, 0.6) is 17.2 Å². The van der Waals surface area contributed by atoms with Gasteiger partial charge in [0, 0.05) is 12.1 Å². The van der Waals surface area contributed by atoms with Crippen LogP contribution in [-0.2, 0) is 0 Å². The van der Waals surface area contributed by atoms with Crippen LogP contribution in [0.15, 0.2) is 42.5 Å². The first kappa shape index (κ1) is 19.6. The van der Waals surface area contributed by atoms with Crippen LogP contribution >= 0.6 is 0 Å². The highest BCUT2D eigenvalue weighted by atomic mass is 16.6. The highest BCUT2D eigenvalue weighted by Crippen LogP contribution is 2.31. The Kier molecular flexibility index (Phi) is 6.20. The summed E-state index contributed by atoms with van der Waals surface area (Å²) >= 11 is 0. The molecule has 0 bridgehead atoms. The molecule has 1 fully saturated rings. The van der Waals surface area contributed by atoms with E-state index in [1.54, 1.807) is 25.3 Å². The first-order valence-corrected chi connectivity index (χ1v) is 10.3. The molecule has 154 valence electrons. The zero-order chi connectivity index (χ0) is 20.1. The fourth-order valence-corrected chi connectivity index (χ4v) is 3.99. The largest absolute Gasteiger partial charge is 0.497 e. The Morgan fingerprint density at radius 3 is 2.48 bits per heavy atom. The number of amides is 1. The topological polar surface area (TPSA) is 60.0 Å². The van der Waals surface area contributed by atoms with Crippen LogP contribution in [0.1, 0.15) is 41.2 Å². The predicted molar refractivity (Wildman–Crippen MR) is 111 cm³/mol. The van der Waals surface area contributed by atoms with E-state index in [0.29, 0.717) is 36.8 Å². The number of methoxy groups -OCH3 is 1. The Hall–Kier alpha value is -2.73. The molecule has 2 aliphatic heterocycles. The molecule has 1 saturated heterocycles. The van der Waals surface area contributed by atoms with Gasteiger partial charge in [-0.3, -0.25) is 9.69 Å². The van der Waals surface area contributed by atoms with Gasteiger partial charge in [0.05, 0.1) is 13.2 Å². The van der Waals surface area contributed by atoms with Gasteiger partial charge < -0.3 is 19.5 Å². The normalized spacial score (nSPS) is 17.4. The van der Waals surface area contributed by atoms with Crippen molar-refractivity contribution in [3.63, 3.8) is 0 Å². The predicted octanol–water partition coefficient (Wildman–Crippen LogP) is 3.42. The Morgan fingerprint density at radius 1 is 1.03 bits per heavy atom. The molecule has 0 saturated carbocycles. The molecule has 0 spiro atoms. The van der Waals surface area contributed by atoms with Crippen molar-refractivity contribution in [1.29, 1.82) is 0 Å². The molecule has 6 heteroatoms. The Balaban J connectivity index is 1.47. The van der Waals surface area contributed by atoms with E-state index in [2.05, 4.69) is 22.3 Å². The van der Waals surface area contributed by atoms with Gasteiger partial charge >= 0.3 is 0 Å². The molecule has 2 heterocycles. The minimum atomic E-state index is -0.0995. The first-order valence-electron chi connectivity index (χ1n) is 10.3. The lowest BCUT2D eigenvalue weighted by Gasteiger charge is -2.35. The maximum absolute atomic E-state index is 12.8. The van der Waals surface area contributed by atoms with Gasteiger partial charge in [0.15, 0.2) is 11.5 Å². The zero-order valence-corrected chi connectivity index (χ0v) is 16.9. The molecule has 29 heavy (non-hydrogen) atoms. The lowest BCUT2D eigenvalue weighted by molar-refractivity contribution is 0.0923. The van der Waals surface area contributed by atoms with Gasteiger partial charge in [-0.15, -0.1) is 0 Å². The Labute approximate surface area is 171 Å². The molecule has 2 aromatic carbocycles. The summed E-state index contributed by atoms with van der Waals surface area (Å²) in [6.07, 6.45) is 3.67. The molecule has 0 radical (unpaired) electrons. The number of ether oxygens (including phenoxy) is 3. The number of hydrogen-bond donors (Lipinski definition) is 1. The van der Waals surface area contributed by atoms with Crippen LogP contribution < -0.4 is 19.5 Å². The Morgan fingerprint density at radius 2 is 1.76 bits per heavy atom. The lowest BCUT2D eigenvalue weighted by atomic mass is 10.0. The second-order valence-electron chi connectivity index (χ2n) is 7.45. The van der Waals surface area contributed by atoms with Gasteiger partial charge in [-0.2, -0.15) is 0 Å². The van der Waals surface area contributed by atoms with E-state index in [1.165, 1.54) is 24.8 Å². The maximum Gasteiger partial charge on any atom is 0.251 e. The van der Waals surface area contributed by atoms with Crippen molar-refractivity contribution in [2.75, 3.05) is 40.0 Å². The summed E-state index contributed by atoms with van der Waals surface area (Å²) in [5.41, 5.74) is 1.77. The van der Waals surface area contributed by atoms with Crippen LogP contribution in [0, 0.1) is 0 Å². The van der Waals surface area contributed by atoms with E-state index >= 15 is 0 Å². The summed E-state index contributed by atoms with van der Waals surface area (Å²) in [4.78, 5) is 15.3. The summed E-state index contributed by atoms with van der Waals surface area (Å²) in [7, 11) is 1.67. The molecular weight excluding hydrogens is 368 g/mol. The number of rotatable bonds is 6. The third-order valence-corrected chi connectivity index (χ3v) is 5.59. The number of likely N-dealkylation sites (tertiary alicyclic amines) is 1. The third kappa shape index (κ3) is 4.65. The number of carbonyl (C=O) groups excluding carboxylic acids is 1. The summed E-state index contributed by atoms with van der Waals surface area (Å²) < 4.78 is 16.4. The van der Waals surface area contributed by atoms with Crippen LogP contribution in [-0.4, -0.2) is 50.8 Å². The quantitative estimate of drug-likeness (QED) is 0.811. The monoisotopic (exact) mass is 396 g/mol. The second kappa shape index (κ2) is 9.18. The van der Waals surface area contributed by atoms with Crippen molar-refractivity contribution in [2.45, 2.75) is 25.3 Å². The summed E-state index contributed by atoms with van der Waals surface area (Å²) in [6.45, 7) is 3.71. The molecule has 0 unspecified atom stereocenters. The standard InChI is InChI=1S/C23H28N2O4/c1-27-19-8-5-17(6-9-19)20(25-11-3-2-4-12-25)16-24-23(26)18-7-10-21-22(15-18)29-14-13-28-21/h5-10,15,20H,2-4,11-14,16H2,1H3,(H,24,26)/t20-/m0/s1. The number of benzene rings is 2. The molecule has 4 rings (SSSR count). The number of nitrogens with zero attached hydrogens (tertiary/aromatic N) is 1. The molecule has 2 aliphatic rings. The number of hydrogen-bond acceptors (Lipinski definition) is 5. The van der Waals surface area contributed by atoms with Gasteiger partial charge in [-0.05, 0) is 61.8 Å². The van der Waals surface area contributed by atoms with Gasteiger partial charge in [-0.25, -0.2) is 0 Å². The first-order chi connectivity index (χ1) is 14.2. The van der Waals surface area contributed by atoms with Crippen molar-refractivity contribution in [3.05, 3.63) is 53.6 Å². The van der Waals surface area contributed by atoms with Crippen LogP contribution in [0.25, 0.3) is 0 Å². The molecule has 1 N–H and O–H groups in total. The molecule has 0 aromatic heterocycles. The van der Waals surface area contributed by atoms with Gasteiger partial charge in [0.25, 0.3) is 5.91 Å². The average molecular weight is 396 g/mol. The van der Waals surface area contributed by atoms with E-state index in [9.17, 15) is 4.79 Å². The number of nitrogens with one attached hydrogen (secondary N) is 1. The van der Waals surface area contributed by atoms with Crippen LogP contribution in [0.4, 0.5) is 0 Å². The minimum Gasteiger partial charge on any atom is -0.497 e. The van der Waals surface area contributed by atoms with Gasteiger partial charge in [0.2, 0.25) is 0 Å². The van der Waals surface area contributed by atoms with E-state index in [-0.39, 0.29) is 11.9 Å². The molecule has 2 aromatic rings. The Bertz CT molecular complexity index is 831. The minimum absolute atomic E-state index is 0.0995. The average Bonchev–Trinajstić information content (AvgIpc) is 2.80. The van der Waals surface area contributed by atoms with Crippen LogP contribution in [0.2, 0.25) is 0 Å². The summed E-state index contributed by atoms with van der Waals surface area (Å²) in [5, 5.41) is 3.12. The fraction of sp³-hybridized carbons (Fsp3) is 0.435. The van der Waals surface area contributed by atoms with Crippen molar-refractivity contribution < 1.29 is 19.0 Å². The highest BCUT2D eigenvalue weighted by Gasteiger charge is 2.23. The zero-order valence-electron chi connectivity index (χ0n) is 16.9. The molecule has 1 amide bonds. The smallest absolute Gasteiger partial charge is 0.251 e. The molecular formula is C23H28N2O4. The second-order valence-corrected chi connectivity index (χ2v) is 7.45. The van der Waals surface area contributed by atoms with Crippen molar-refractivity contribution in [2.24, 2.45) is 0 Å². The highest BCUT2D eigenvalue weighted by molar-refractivity contribution is 5.94. The number of fused-ring (bicyclic) bond motifs is 1. The maximum atomic E-state index is 12.8. The molecule has 1 atom stereocenters. The van der Waals surface area contributed by atoms with Crippen molar-refractivity contribution in [1.82, 2.24) is 10.2 Å². The SMILES string of the molecule is COc1ccc([C@H](CNC(=O)c2ccc3c(c2)OCCO3)N2CCCCC2)cc1. The third-order valence-electron chi connectivity index (χ3n) is 5.59. The molecule has 6 nitrogen and oxygen atoms in total. The number of carbonyl (C=O) groups is 1. The van der Waals surface area contributed by atoms with E-state index in [4.69, 9.17) is 14.2 Å². The van der Waals surface area contributed by atoms with Crippen molar-refractivity contribution in [3.8, 4) is 17.2 Å². The van der Waals surface area contributed by atoms with Crippen molar-refractivity contribution >= 4 is 5.91 Å². The summed E-state index contributed by atoms with van der Waals surface area (Å²) in [6, 6.07) is 13.6. The summed E-state index contributed by atoms with van der Waals surface area (Å²) in [5.74, 6) is 2.06. The molecule has 0 aliphatic carbocycles. The van der Waals surface area contributed by atoms with Gasteiger partial charge in [-0.1, -0.05) is 18.6 Å². The van der Waals surface area contributed by atoms with E-state index < -0.39 is 0 Å².